The van der Waals surface area contributed by atoms with E-state index >= 15 is 0 Å². The van der Waals surface area contributed by atoms with Crippen molar-refractivity contribution >= 4 is 34.4 Å². The van der Waals surface area contributed by atoms with Gasteiger partial charge in [-0.2, -0.15) is 4.57 Å². The number of fused-ring (bicyclic) bond motifs is 1. The van der Waals surface area contributed by atoms with E-state index in [0.29, 0.717) is 23.6 Å². The lowest BCUT2D eigenvalue weighted by Crippen LogP contribution is -2.43. The summed E-state index contributed by atoms with van der Waals surface area (Å²) < 4.78 is 1.65. The molecule has 0 amide bonds. The summed E-state index contributed by atoms with van der Waals surface area (Å²) in [6, 6.07) is 21.5. The third kappa shape index (κ3) is 4.07. The zero-order chi connectivity index (χ0) is 23.9. The maximum Gasteiger partial charge on any atom is 0.359 e. The lowest BCUT2D eigenvalue weighted by molar-refractivity contribution is -0.551. The number of phenols is 2. The van der Waals surface area contributed by atoms with Crippen LogP contribution in [0.1, 0.15) is 10.4 Å². The molecule has 1 atom stereocenters. The van der Waals surface area contributed by atoms with Gasteiger partial charge in [-0.15, -0.1) is 22.7 Å². The molecular weight excluding hydrogens is 478 g/mol. The number of aromatic hydroxyl groups is 2. The van der Waals surface area contributed by atoms with Crippen molar-refractivity contribution in [2.75, 3.05) is 5.32 Å². The van der Waals surface area contributed by atoms with Crippen LogP contribution in [0.15, 0.2) is 84.4 Å². The lowest BCUT2D eigenvalue weighted by atomic mass is 10.1. The highest BCUT2D eigenvalue weighted by atomic mass is 32.1. The molecule has 0 saturated carbocycles. The SMILES string of the molecule is O=C1C(Cc2ccc(O)cc2)Nc2c(-c3ccc(-c4cccs4)s3)nc(-c3ccc(O)cc3)c[n+]21. The Labute approximate surface area is 209 Å². The van der Waals surface area contributed by atoms with Gasteiger partial charge >= 0.3 is 11.7 Å². The lowest BCUT2D eigenvalue weighted by Gasteiger charge is -2.06. The van der Waals surface area contributed by atoms with Crippen LogP contribution in [0.2, 0.25) is 0 Å². The van der Waals surface area contributed by atoms with Gasteiger partial charge in [0, 0.05) is 21.7 Å². The normalized spacial score (nSPS) is 14.6. The molecule has 2 aromatic carbocycles. The summed E-state index contributed by atoms with van der Waals surface area (Å²) in [4.78, 5) is 21.7. The van der Waals surface area contributed by atoms with Crippen molar-refractivity contribution in [3.63, 3.8) is 0 Å². The van der Waals surface area contributed by atoms with E-state index in [1.54, 1.807) is 69.8 Å². The topological polar surface area (TPSA) is 86.3 Å². The van der Waals surface area contributed by atoms with Crippen LogP contribution in [0.4, 0.5) is 5.82 Å². The third-order valence-electron chi connectivity index (χ3n) is 5.94. The van der Waals surface area contributed by atoms with E-state index in [4.69, 9.17) is 4.98 Å². The largest absolute Gasteiger partial charge is 0.508 e. The minimum absolute atomic E-state index is 0.0632. The fourth-order valence-electron chi connectivity index (χ4n) is 4.18. The molecule has 6 nitrogen and oxygen atoms in total. The smallest absolute Gasteiger partial charge is 0.359 e. The third-order valence-corrected chi connectivity index (χ3v) is 8.10. The van der Waals surface area contributed by atoms with Crippen molar-refractivity contribution in [3.8, 4) is 43.1 Å². The maximum absolute atomic E-state index is 13.5. The van der Waals surface area contributed by atoms with E-state index in [1.165, 1.54) is 4.88 Å². The predicted molar refractivity (Wildman–Crippen MR) is 138 cm³/mol. The Morgan fingerprint density at radius 2 is 1.60 bits per heavy atom. The van der Waals surface area contributed by atoms with Crippen molar-refractivity contribution < 1.29 is 19.6 Å². The Kier molecular flexibility index (Phi) is 5.32. The first kappa shape index (κ1) is 21.5. The molecule has 0 aliphatic carbocycles. The zero-order valence-electron chi connectivity index (χ0n) is 18.4. The molecule has 5 aromatic rings. The van der Waals surface area contributed by atoms with E-state index < -0.39 is 6.04 Å². The summed E-state index contributed by atoms with van der Waals surface area (Å²) in [7, 11) is 0. The summed E-state index contributed by atoms with van der Waals surface area (Å²) in [5, 5.41) is 24.8. The number of benzene rings is 2. The van der Waals surface area contributed by atoms with Crippen molar-refractivity contribution in [2.45, 2.75) is 12.5 Å². The minimum Gasteiger partial charge on any atom is -0.508 e. The number of thiophene rings is 2. The molecule has 1 aliphatic heterocycles. The first-order chi connectivity index (χ1) is 17.0. The molecule has 1 unspecified atom stereocenters. The molecule has 6 rings (SSSR count). The monoisotopic (exact) mass is 498 g/mol. The van der Waals surface area contributed by atoms with Gasteiger partial charge in [-0.05, 0) is 65.5 Å². The predicted octanol–water partition coefficient (Wildman–Crippen LogP) is 5.58. The van der Waals surface area contributed by atoms with Gasteiger partial charge in [-0.1, -0.05) is 18.2 Å². The zero-order valence-corrected chi connectivity index (χ0v) is 20.0. The first-order valence-electron chi connectivity index (χ1n) is 11.0. The van der Waals surface area contributed by atoms with E-state index in [-0.39, 0.29) is 17.4 Å². The Hall–Kier alpha value is -4.01. The molecule has 172 valence electrons. The summed E-state index contributed by atoms with van der Waals surface area (Å²) in [6.07, 6.45) is 2.24. The number of phenolic OH excluding ortho intramolecular Hbond substituents is 2. The number of aromatic nitrogens is 2. The van der Waals surface area contributed by atoms with Gasteiger partial charge in [0.1, 0.15) is 23.4 Å². The number of carbonyl (C=O) groups is 1. The second-order valence-corrected chi connectivity index (χ2v) is 10.3. The molecule has 35 heavy (non-hydrogen) atoms. The fraction of sp³-hybridized carbons (Fsp3) is 0.0741. The fourth-order valence-corrected chi connectivity index (χ4v) is 6.01. The Bertz CT molecular complexity index is 1530. The standard InChI is InChI=1S/C27H19N3O3S2/c31-18-7-3-16(4-8-18)14-20-27(33)30-15-21(17-5-9-19(32)10-6-17)28-25(26(30)29-20)24-12-11-23(35-24)22-2-1-13-34-22/h1-13,15,20,31-32H,14H2/p+1. The number of rotatable bonds is 5. The molecular formula is C27H20N3O3S2+. The van der Waals surface area contributed by atoms with Crippen LogP contribution in [0.5, 0.6) is 11.5 Å². The molecule has 0 fully saturated rings. The molecule has 0 radical (unpaired) electrons. The summed E-state index contributed by atoms with van der Waals surface area (Å²) in [5.41, 5.74) is 3.12. The average Bonchev–Trinajstić information content (AvgIpc) is 3.62. The highest BCUT2D eigenvalue weighted by Crippen LogP contribution is 2.39. The number of anilines is 1. The maximum atomic E-state index is 13.5. The van der Waals surface area contributed by atoms with Gasteiger partial charge in [0.2, 0.25) is 0 Å². The Morgan fingerprint density at radius 3 is 2.31 bits per heavy atom. The van der Waals surface area contributed by atoms with Crippen LogP contribution in [-0.2, 0) is 6.42 Å². The van der Waals surface area contributed by atoms with Gasteiger partial charge in [0.25, 0.3) is 0 Å². The molecule has 4 heterocycles. The summed E-state index contributed by atoms with van der Waals surface area (Å²) in [6.45, 7) is 0. The van der Waals surface area contributed by atoms with Crippen molar-refractivity contribution in [2.24, 2.45) is 0 Å². The molecule has 8 heteroatoms. The molecule has 1 aliphatic rings. The summed E-state index contributed by atoms with van der Waals surface area (Å²) in [5.74, 6) is 0.974. The van der Waals surface area contributed by atoms with E-state index in [1.807, 2.05) is 24.3 Å². The second-order valence-electron chi connectivity index (χ2n) is 8.29. The van der Waals surface area contributed by atoms with Gasteiger partial charge < -0.3 is 10.2 Å². The van der Waals surface area contributed by atoms with Crippen LogP contribution in [0.3, 0.4) is 0 Å². The highest BCUT2D eigenvalue weighted by Gasteiger charge is 2.41. The van der Waals surface area contributed by atoms with Crippen molar-refractivity contribution in [1.29, 1.82) is 0 Å². The molecule has 3 aromatic heterocycles. The number of nitrogens with zero attached hydrogens (tertiary/aromatic N) is 2. The quantitative estimate of drug-likeness (QED) is 0.275. The minimum atomic E-state index is -0.452. The number of nitrogens with one attached hydrogen (secondary N) is 1. The van der Waals surface area contributed by atoms with Crippen LogP contribution in [0, 0.1) is 0 Å². The average molecular weight is 499 g/mol. The molecule has 0 bridgehead atoms. The van der Waals surface area contributed by atoms with Gasteiger partial charge in [0.15, 0.2) is 11.7 Å². The van der Waals surface area contributed by atoms with Gasteiger partial charge in [-0.25, -0.2) is 9.78 Å². The first-order valence-corrected chi connectivity index (χ1v) is 12.7. The number of hydrogen-bond acceptors (Lipinski definition) is 7. The van der Waals surface area contributed by atoms with E-state index in [0.717, 1.165) is 20.9 Å². The van der Waals surface area contributed by atoms with Crippen LogP contribution in [0.25, 0.3) is 31.6 Å². The van der Waals surface area contributed by atoms with Gasteiger partial charge in [0.05, 0.1) is 4.88 Å². The molecule has 0 spiro atoms. The highest BCUT2D eigenvalue weighted by molar-refractivity contribution is 7.23. The van der Waals surface area contributed by atoms with Crippen LogP contribution < -0.4 is 9.88 Å². The second kappa shape index (κ2) is 8.65. The number of carbonyl (C=O) groups excluding carboxylic acids is 1. The van der Waals surface area contributed by atoms with Crippen molar-refractivity contribution in [3.05, 3.63) is 89.9 Å². The van der Waals surface area contributed by atoms with Crippen molar-refractivity contribution in [1.82, 2.24) is 4.98 Å². The molecule has 0 saturated heterocycles. The van der Waals surface area contributed by atoms with Gasteiger partial charge in [-0.3, -0.25) is 5.32 Å². The Morgan fingerprint density at radius 1 is 0.886 bits per heavy atom. The summed E-state index contributed by atoms with van der Waals surface area (Å²) >= 11 is 3.33. The number of hydrogen-bond donors (Lipinski definition) is 3. The van der Waals surface area contributed by atoms with E-state index in [9.17, 15) is 15.0 Å². The van der Waals surface area contributed by atoms with Crippen LogP contribution in [-0.4, -0.2) is 27.1 Å². The van der Waals surface area contributed by atoms with Crippen LogP contribution >= 0.6 is 22.7 Å². The Balaban J connectivity index is 1.43. The molecule has 3 N–H and O–H groups in total. The van der Waals surface area contributed by atoms with E-state index in [2.05, 4.69) is 22.8 Å².